The Morgan fingerprint density at radius 3 is 1.09 bits per heavy atom. The van der Waals surface area contributed by atoms with Crippen LogP contribution in [-0.2, 0) is 37.9 Å². The molecule has 0 aromatic heterocycles. The van der Waals surface area contributed by atoms with Gasteiger partial charge in [-0.2, -0.15) is 0 Å². The Hall–Kier alpha value is -2.08. The van der Waals surface area contributed by atoms with Gasteiger partial charge in [-0.3, -0.25) is 0 Å². The summed E-state index contributed by atoms with van der Waals surface area (Å²) in [6.07, 6.45) is 9.65. The number of carbonyl (C=O) groups is 2. The van der Waals surface area contributed by atoms with E-state index in [-0.39, 0.29) is 26.4 Å². The van der Waals surface area contributed by atoms with E-state index in [1.54, 1.807) is 0 Å². The van der Waals surface area contributed by atoms with Crippen LogP contribution in [0.15, 0.2) is 24.3 Å². The Bertz CT molecular complexity index is 779. The van der Waals surface area contributed by atoms with Gasteiger partial charge in [-0.05, 0) is 48.9 Å². The Balaban J connectivity index is 2.01. The van der Waals surface area contributed by atoms with Crippen LogP contribution in [0.3, 0.4) is 0 Å². The number of benzene rings is 1. The molecule has 10 nitrogen and oxygen atoms in total. The van der Waals surface area contributed by atoms with Crippen molar-refractivity contribution in [2.24, 2.45) is 11.8 Å². The predicted octanol–water partition coefficient (Wildman–Crippen LogP) is 6.53. The fourth-order valence-electron chi connectivity index (χ4n) is 4.47. The molecule has 0 heterocycles. The number of esters is 2. The second-order valence-electron chi connectivity index (χ2n) is 11.3. The third-order valence-electron chi connectivity index (χ3n) is 7.56. The van der Waals surface area contributed by atoms with Crippen LogP contribution in [0.1, 0.15) is 99.8 Å². The highest BCUT2D eigenvalue weighted by molar-refractivity contribution is 5.93. The summed E-state index contributed by atoms with van der Waals surface area (Å²) >= 11 is 0. The summed E-state index contributed by atoms with van der Waals surface area (Å²) in [5.74, 6) is 0.284. The molecule has 0 radical (unpaired) electrons. The van der Waals surface area contributed by atoms with Gasteiger partial charge >= 0.3 is 11.9 Å². The molecule has 1 aromatic rings. The largest absolute Gasteiger partial charge is 0.460 e. The van der Waals surface area contributed by atoms with E-state index in [1.165, 1.54) is 62.8 Å². The molecule has 10 heteroatoms. The Morgan fingerprint density at radius 2 is 0.783 bits per heavy atom. The van der Waals surface area contributed by atoms with E-state index in [4.69, 9.17) is 37.9 Å². The van der Waals surface area contributed by atoms with Gasteiger partial charge in [0, 0.05) is 13.2 Å². The number of carbonyl (C=O) groups excluding carboxylic acids is 2. The third-order valence-corrected chi connectivity index (χ3v) is 7.56. The van der Waals surface area contributed by atoms with Gasteiger partial charge in [-0.1, -0.05) is 66.2 Å². The number of hydrogen-bond acceptors (Lipinski definition) is 10. The highest BCUT2D eigenvalue weighted by Crippen LogP contribution is 2.13. The van der Waals surface area contributed by atoms with Crippen LogP contribution >= 0.6 is 0 Å². The molecule has 0 aliphatic carbocycles. The molecule has 2 atom stereocenters. The van der Waals surface area contributed by atoms with Gasteiger partial charge in [-0.15, -0.1) is 0 Å². The Kier molecular flexibility index (Phi) is 27.6. The highest BCUT2D eigenvalue weighted by atomic mass is 16.6. The molecule has 0 spiro atoms. The molecule has 0 saturated heterocycles. The van der Waals surface area contributed by atoms with E-state index in [0.717, 1.165) is 26.1 Å². The first-order chi connectivity index (χ1) is 22.5. The maximum absolute atomic E-state index is 12.3. The van der Waals surface area contributed by atoms with E-state index in [1.807, 2.05) is 0 Å². The van der Waals surface area contributed by atoms with Crippen molar-refractivity contribution < 1.29 is 47.5 Å². The summed E-state index contributed by atoms with van der Waals surface area (Å²) in [7, 11) is 0. The molecule has 0 saturated carbocycles. The molecule has 0 fully saturated rings. The molecule has 0 aliphatic heterocycles. The van der Waals surface area contributed by atoms with Crippen molar-refractivity contribution >= 4 is 11.9 Å². The average molecular weight is 655 g/mol. The van der Waals surface area contributed by atoms with Gasteiger partial charge in [0.1, 0.15) is 13.2 Å². The molecular formula is C36H62O10. The van der Waals surface area contributed by atoms with Gasteiger partial charge in [0.2, 0.25) is 0 Å². The summed E-state index contributed by atoms with van der Waals surface area (Å²) < 4.78 is 43.9. The Labute approximate surface area is 278 Å². The van der Waals surface area contributed by atoms with Crippen molar-refractivity contribution in [2.45, 2.75) is 79.1 Å². The standard InChI is InChI=1S/C36H62O10/c1-5-9-11-31(7-3)29-43-23-21-39-17-19-41-25-27-45-35(37)33-13-15-34(16-14-33)36(38)46-28-26-42-20-18-40-22-24-44-30-32(8-4)12-10-6-2/h13-16,31-32H,5-12,17-30H2,1-4H3. The topological polar surface area (TPSA) is 108 Å². The van der Waals surface area contributed by atoms with E-state index in [9.17, 15) is 9.59 Å². The van der Waals surface area contributed by atoms with Crippen molar-refractivity contribution in [1.29, 1.82) is 0 Å². The molecule has 1 rings (SSSR count). The molecule has 0 N–H and O–H groups in total. The number of ether oxygens (including phenoxy) is 8. The van der Waals surface area contributed by atoms with E-state index in [2.05, 4.69) is 27.7 Å². The Morgan fingerprint density at radius 1 is 0.478 bits per heavy atom. The van der Waals surface area contributed by atoms with Gasteiger partial charge in [0.05, 0.1) is 77.2 Å². The summed E-state index contributed by atoms with van der Waals surface area (Å²) in [6, 6.07) is 6.14. The van der Waals surface area contributed by atoms with Gasteiger partial charge in [-0.25, -0.2) is 9.59 Å². The minimum atomic E-state index is -0.486. The van der Waals surface area contributed by atoms with Crippen molar-refractivity contribution in [1.82, 2.24) is 0 Å². The van der Waals surface area contributed by atoms with Crippen molar-refractivity contribution in [3.05, 3.63) is 35.4 Å². The summed E-state index contributed by atoms with van der Waals surface area (Å²) in [6.45, 7) is 15.2. The lowest BCUT2D eigenvalue weighted by atomic mass is 10.0. The number of rotatable bonds is 32. The van der Waals surface area contributed by atoms with Crippen LogP contribution in [-0.4, -0.2) is 104 Å². The maximum atomic E-state index is 12.3. The third kappa shape index (κ3) is 22.4. The zero-order valence-corrected chi connectivity index (χ0v) is 29.1. The van der Waals surface area contributed by atoms with Crippen LogP contribution < -0.4 is 0 Å². The van der Waals surface area contributed by atoms with Crippen LogP contribution in [0.5, 0.6) is 0 Å². The van der Waals surface area contributed by atoms with Crippen LogP contribution in [0.25, 0.3) is 0 Å². The lowest BCUT2D eigenvalue weighted by Gasteiger charge is -2.14. The average Bonchev–Trinajstić information content (AvgIpc) is 3.08. The van der Waals surface area contributed by atoms with Crippen molar-refractivity contribution in [3.63, 3.8) is 0 Å². The minimum absolute atomic E-state index is 0.124. The molecule has 0 aliphatic rings. The first kappa shape index (κ1) is 41.9. The quantitative estimate of drug-likeness (QED) is 0.0628. The van der Waals surface area contributed by atoms with Crippen LogP contribution in [0, 0.1) is 11.8 Å². The second kappa shape index (κ2) is 30.3. The normalized spacial score (nSPS) is 12.6. The molecule has 0 amide bonds. The zero-order chi connectivity index (χ0) is 33.5. The summed E-state index contributed by atoms with van der Waals surface area (Å²) in [4.78, 5) is 24.5. The van der Waals surface area contributed by atoms with Crippen molar-refractivity contribution in [2.75, 3.05) is 92.5 Å². The smallest absolute Gasteiger partial charge is 0.338 e. The summed E-state index contributed by atoms with van der Waals surface area (Å²) in [5, 5.41) is 0. The first-order valence-electron chi connectivity index (χ1n) is 17.5. The monoisotopic (exact) mass is 654 g/mol. The number of hydrogen-bond donors (Lipinski definition) is 0. The van der Waals surface area contributed by atoms with Crippen molar-refractivity contribution in [3.8, 4) is 0 Å². The van der Waals surface area contributed by atoms with Gasteiger partial charge in [0.25, 0.3) is 0 Å². The van der Waals surface area contributed by atoms with Gasteiger partial charge in [0.15, 0.2) is 0 Å². The van der Waals surface area contributed by atoms with E-state index < -0.39 is 11.9 Å². The first-order valence-corrected chi connectivity index (χ1v) is 17.5. The predicted molar refractivity (Wildman–Crippen MR) is 179 cm³/mol. The molecular weight excluding hydrogens is 592 g/mol. The van der Waals surface area contributed by atoms with Crippen LogP contribution in [0.4, 0.5) is 0 Å². The summed E-state index contributed by atoms with van der Waals surface area (Å²) in [5.41, 5.74) is 0.686. The second-order valence-corrected chi connectivity index (χ2v) is 11.3. The molecule has 1 aromatic carbocycles. The van der Waals surface area contributed by atoms with E-state index >= 15 is 0 Å². The highest BCUT2D eigenvalue weighted by Gasteiger charge is 2.11. The fraction of sp³-hybridized carbons (Fsp3) is 0.778. The minimum Gasteiger partial charge on any atom is -0.460 e. The van der Waals surface area contributed by atoms with Crippen LogP contribution in [0.2, 0.25) is 0 Å². The van der Waals surface area contributed by atoms with Gasteiger partial charge < -0.3 is 37.9 Å². The molecule has 46 heavy (non-hydrogen) atoms. The molecule has 2 unspecified atom stereocenters. The number of unbranched alkanes of at least 4 members (excludes halogenated alkanes) is 2. The molecule has 266 valence electrons. The zero-order valence-electron chi connectivity index (χ0n) is 29.1. The maximum Gasteiger partial charge on any atom is 0.338 e. The van der Waals surface area contributed by atoms with E-state index in [0.29, 0.717) is 75.8 Å². The molecule has 0 bridgehead atoms. The lowest BCUT2D eigenvalue weighted by Crippen LogP contribution is -2.16. The SMILES string of the molecule is CCCCC(CC)COCCOCCOCCOC(=O)c1ccc(C(=O)OCCOCCOCCOCC(CC)CCCC)cc1. The lowest BCUT2D eigenvalue weighted by molar-refractivity contribution is -0.00437. The fourth-order valence-corrected chi connectivity index (χ4v) is 4.47.